The minimum atomic E-state index is -0.836. The predicted octanol–water partition coefficient (Wildman–Crippen LogP) is 5.86. The lowest BCUT2D eigenvalue weighted by Crippen LogP contribution is -2.30. The predicted molar refractivity (Wildman–Crippen MR) is 141 cm³/mol. The molecule has 0 aliphatic rings. The van der Waals surface area contributed by atoms with Crippen molar-refractivity contribution in [1.82, 2.24) is 0 Å². The van der Waals surface area contributed by atoms with Crippen LogP contribution in [0.15, 0.2) is 42.5 Å². The van der Waals surface area contributed by atoms with Crippen molar-refractivity contribution in [1.29, 1.82) is 0 Å². The maximum Gasteiger partial charge on any atom is 0.341 e. The summed E-state index contributed by atoms with van der Waals surface area (Å²) in [6.45, 7) is 7.27. The SMILES string of the molecule is CCOC(=O)c1c(NC(=O)c2ccc(O[C@H](C)C(=O)Nc3cc(Cl)ccc3OC)cc2)sc(C)c1C. The third kappa shape index (κ3) is 6.35. The summed E-state index contributed by atoms with van der Waals surface area (Å²) in [5.41, 5.74) is 1.93. The third-order valence-electron chi connectivity index (χ3n) is 5.31. The Morgan fingerprint density at radius 2 is 1.75 bits per heavy atom. The number of carbonyl (C=O) groups is 3. The van der Waals surface area contributed by atoms with Gasteiger partial charge in [0.1, 0.15) is 16.5 Å². The summed E-state index contributed by atoms with van der Waals surface area (Å²) in [5.74, 6) is -0.375. The van der Waals surface area contributed by atoms with Gasteiger partial charge in [-0.15, -0.1) is 11.3 Å². The second kappa shape index (κ2) is 11.9. The first-order valence-electron chi connectivity index (χ1n) is 11.1. The molecular formula is C26H27ClN2O6S. The van der Waals surface area contributed by atoms with E-state index >= 15 is 0 Å². The van der Waals surface area contributed by atoms with Crippen LogP contribution in [0.4, 0.5) is 10.7 Å². The average Bonchev–Trinajstić information content (AvgIpc) is 3.12. The number of carbonyl (C=O) groups excluding carboxylic acids is 3. The molecule has 1 aromatic heterocycles. The Bertz CT molecular complexity index is 1270. The molecule has 0 fully saturated rings. The van der Waals surface area contributed by atoms with E-state index in [9.17, 15) is 14.4 Å². The Balaban J connectivity index is 1.66. The zero-order valence-electron chi connectivity index (χ0n) is 20.6. The van der Waals surface area contributed by atoms with Crippen LogP contribution in [0.1, 0.15) is 45.0 Å². The van der Waals surface area contributed by atoms with Gasteiger partial charge in [0.25, 0.3) is 11.8 Å². The van der Waals surface area contributed by atoms with Gasteiger partial charge in [0.15, 0.2) is 6.10 Å². The van der Waals surface area contributed by atoms with Crippen molar-refractivity contribution in [3.05, 3.63) is 69.1 Å². The molecule has 0 aliphatic heterocycles. The number of hydrogen-bond donors (Lipinski definition) is 2. The fourth-order valence-electron chi connectivity index (χ4n) is 3.29. The fraction of sp³-hybridized carbons (Fsp3) is 0.269. The highest BCUT2D eigenvalue weighted by molar-refractivity contribution is 7.16. The van der Waals surface area contributed by atoms with Crippen molar-refractivity contribution < 1.29 is 28.6 Å². The maximum absolute atomic E-state index is 12.8. The Labute approximate surface area is 218 Å². The molecule has 0 spiro atoms. The van der Waals surface area contributed by atoms with Crippen LogP contribution in [-0.4, -0.2) is 37.6 Å². The number of anilines is 2. The second-order valence-corrected chi connectivity index (χ2v) is 9.44. The van der Waals surface area contributed by atoms with Crippen LogP contribution in [0.3, 0.4) is 0 Å². The van der Waals surface area contributed by atoms with Crippen molar-refractivity contribution in [2.45, 2.75) is 33.8 Å². The van der Waals surface area contributed by atoms with Gasteiger partial charge >= 0.3 is 5.97 Å². The molecule has 190 valence electrons. The largest absolute Gasteiger partial charge is 0.495 e. The van der Waals surface area contributed by atoms with E-state index in [1.54, 1.807) is 56.3 Å². The maximum atomic E-state index is 12.8. The molecule has 0 unspecified atom stereocenters. The van der Waals surface area contributed by atoms with Gasteiger partial charge < -0.3 is 24.8 Å². The summed E-state index contributed by atoms with van der Waals surface area (Å²) in [6, 6.07) is 11.2. The van der Waals surface area contributed by atoms with Crippen LogP contribution in [0.2, 0.25) is 5.02 Å². The number of ether oxygens (including phenoxy) is 3. The number of hydrogen-bond acceptors (Lipinski definition) is 7. The molecule has 3 rings (SSSR count). The van der Waals surface area contributed by atoms with Gasteiger partial charge in [0.2, 0.25) is 0 Å². The molecule has 1 heterocycles. The molecule has 36 heavy (non-hydrogen) atoms. The summed E-state index contributed by atoms with van der Waals surface area (Å²) in [4.78, 5) is 38.7. The molecule has 0 aliphatic carbocycles. The van der Waals surface area contributed by atoms with Crippen LogP contribution in [0, 0.1) is 13.8 Å². The number of methoxy groups -OCH3 is 1. The second-order valence-electron chi connectivity index (χ2n) is 7.78. The Hall–Kier alpha value is -3.56. The molecule has 0 radical (unpaired) electrons. The first-order chi connectivity index (χ1) is 17.1. The van der Waals surface area contributed by atoms with Crippen molar-refractivity contribution in [3.63, 3.8) is 0 Å². The number of esters is 1. The van der Waals surface area contributed by atoms with Gasteiger partial charge in [-0.25, -0.2) is 4.79 Å². The monoisotopic (exact) mass is 530 g/mol. The van der Waals surface area contributed by atoms with E-state index in [4.69, 9.17) is 25.8 Å². The first kappa shape index (κ1) is 27.0. The van der Waals surface area contributed by atoms with Gasteiger partial charge in [0, 0.05) is 15.5 Å². The quantitative estimate of drug-likeness (QED) is 0.336. The Morgan fingerprint density at radius 3 is 2.39 bits per heavy atom. The first-order valence-corrected chi connectivity index (χ1v) is 12.3. The summed E-state index contributed by atoms with van der Waals surface area (Å²) < 4.78 is 16.1. The van der Waals surface area contributed by atoms with E-state index in [2.05, 4.69) is 10.6 Å². The number of benzene rings is 2. The summed E-state index contributed by atoms with van der Waals surface area (Å²) in [7, 11) is 1.49. The van der Waals surface area contributed by atoms with Gasteiger partial charge in [-0.05, 0) is 75.7 Å². The number of thiophene rings is 1. The molecule has 0 saturated heterocycles. The van der Waals surface area contributed by atoms with Crippen molar-refractivity contribution in [3.8, 4) is 11.5 Å². The smallest absolute Gasteiger partial charge is 0.341 e. The molecule has 0 bridgehead atoms. The number of halogens is 1. The molecule has 0 saturated carbocycles. The molecule has 2 N–H and O–H groups in total. The molecule has 8 nitrogen and oxygen atoms in total. The van der Waals surface area contributed by atoms with E-state index in [1.807, 2.05) is 13.8 Å². The van der Waals surface area contributed by atoms with Gasteiger partial charge in [0.05, 0.1) is 25.0 Å². The molecule has 3 aromatic rings. The summed E-state index contributed by atoms with van der Waals surface area (Å²) >= 11 is 7.33. The number of rotatable bonds is 9. The van der Waals surface area contributed by atoms with Gasteiger partial charge in [-0.2, -0.15) is 0 Å². The number of aryl methyl sites for hydroxylation is 1. The van der Waals surface area contributed by atoms with Crippen molar-refractivity contribution >= 4 is 51.4 Å². The van der Waals surface area contributed by atoms with E-state index < -0.39 is 18.0 Å². The molecule has 2 amide bonds. The van der Waals surface area contributed by atoms with Gasteiger partial charge in [-0.3, -0.25) is 9.59 Å². The molecular weight excluding hydrogens is 504 g/mol. The van der Waals surface area contributed by atoms with E-state index in [0.717, 1.165) is 10.4 Å². The van der Waals surface area contributed by atoms with Crippen LogP contribution >= 0.6 is 22.9 Å². The molecule has 10 heteroatoms. The highest BCUT2D eigenvalue weighted by Gasteiger charge is 2.23. The zero-order valence-corrected chi connectivity index (χ0v) is 22.1. The van der Waals surface area contributed by atoms with E-state index in [0.29, 0.717) is 38.3 Å². The van der Waals surface area contributed by atoms with Crippen LogP contribution in [0.5, 0.6) is 11.5 Å². The fourth-order valence-corrected chi connectivity index (χ4v) is 4.51. The highest BCUT2D eigenvalue weighted by Crippen LogP contribution is 2.33. The summed E-state index contributed by atoms with van der Waals surface area (Å²) in [5, 5.41) is 6.43. The Morgan fingerprint density at radius 1 is 1.06 bits per heavy atom. The zero-order chi connectivity index (χ0) is 26.4. The number of amides is 2. The summed E-state index contributed by atoms with van der Waals surface area (Å²) in [6.07, 6.45) is -0.836. The minimum absolute atomic E-state index is 0.241. The Kier molecular flexibility index (Phi) is 8.95. The molecule has 2 aromatic carbocycles. The van der Waals surface area contributed by atoms with Gasteiger partial charge in [-0.1, -0.05) is 11.6 Å². The lowest BCUT2D eigenvalue weighted by molar-refractivity contribution is -0.122. The van der Waals surface area contributed by atoms with E-state index in [-0.39, 0.29) is 12.5 Å². The topological polar surface area (TPSA) is 103 Å². The lowest BCUT2D eigenvalue weighted by Gasteiger charge is -2.16. The normalized spacial score (nSPS) is 11.4. The number of nitrogens with one attached hydrogen (secondary N) is 2. The van der Waals surface area contributed by atoms with Crippen LogP contribution in [0.25, 0.3) is 0 Å². The van der Waals surface area contributed by atoms with Crippen LogP contribution in [-0.2, 0) is 9.53 Å². The van der Waals surface area contributed by atoms with E-state index in [1.165, 1.54) is 18.4 Å². The molecule has 1 atom stereocenters. The average molecular weight is 531 g/mol. The van der Waals surface area contributed by atoms with Crippen molar-refractivity contribution in [2.75, 3.05) is 24.4 Å². The van der Waals surface area contributed by atoms with Crippen LogP contribution < -0.4 is 20.1 Å². The highest BCUT2D eigenvalue weighted by atomic mass is 35.5. The lowest BCUT2D eigenvalue weighted by atomic mass is 10.1. The van der Waals surface area contributed by atoms with Crippen molar-refractivity contribution in [2.24, 2.45) is 0 Å². The third-order valence-corrected chi connectivity index (χ3v) is 6.67. The standard InChI is InChI=1S/C26H27ClN2O6S/c1-6-34-26(32)22-14(2)16(4)36-25(22)29-24(31)17-7-10-19(11-8-17)35-15(3)23(30)28-20-13-18(27)9-12-21(20)33-5/h7-13,15H,6H2,1-5H3,(H,28,30)(H,29,31)/t15-/m1/s1. The minimum Gasteiger partial charge on any atom is -0.495 e.